The van der Waals surface area contributed by atoms with E-state index >= 15 is 0 Å². The third-order valence-corrected chi connectivity index (χ3v) is 8.73. The molecule has 0 radical (unpaired) electrons. The molecule has 1 saturated heterocycles. The molecule has 2 aliphatic rings. The Morgan fingerprint density at radius 2 is 1.40 bits per heavy atom. The first-order chi connectivity index (χ1) is 20.4. The molecular formula is C31H24Cl4N2O6. The Bertz CT molecular complexity index is 1640. The second-order valence-corrected chi connectivity index (χ2v) is 12.3. The fraction of sp³-hybridized carbons (Fsp3) is 0.258. The Kier molecular flexibility index (Phi) is 9.13. The summed E-state index contributed by atoms with van der Waals surface area (Å²) in [6.45, 7) is 1.39. The fourth-order valence-electron chi connectivity index (χ4n) is 5.40. The third kappa shape index (κ3) is 6.43. The Hall–Kier alpha value is -3.43. The van der Waals surface area contributed by atoms with Crippen molar-refractivity contribution in [2.24, 2.45) is 17.8 Å². The number of hydrogen-bond donors (Lipinski definition) is 0. The van der Waals surface area contributed by atoms with Gasteiger partial charge in [-0.1, -0.05) is 53.3 Å². The van der Waals surface area contributed by atoms with E-state index in [0.717, 1.165) is 16.4 Å². The number of hydrazine groups is 1. The van der Waals surface area contributed by atoms with E-state index in [1.807, 2.05) is 6.92 Å². The van der Waals surface area contributed by atoms with E-state index in [9.17, 15) is 24.0 Å². The largest absolute Gasteiger partial charge is 0.423 e. The molecule has 3 aromatic rings. The number of carbonyl (C=O) groups excluding carboxylic acids is 5. The van der Waals surface area contributed by atoms with Crippen molar-refractivity contribution < 1.29 is 28.7 Å². The van der Waals surface area contributed by atoms with Crippen LogP contribution in [0.15, 0.2) is 60.7 Å². The molecule has 1 heterocycles. The summed E-state index contributed by atoms with van der Waals surface area (Å²) in [6, 6.07) is 14.2. The molecule has 1 aliphatic heterocycles. The lowest BCUT2D eigenvalue weighted by Gasteiger charge is -2.30. The molecule has 1 saturated carbocycles. The normalized spacial score (nSPS) is 19.7. The maximum Gasteiger partial charge on any atom is 0.345 e. The lowest BCUT2D eigenvalue weighted by molar-refractivity contribution is -0.154. The zero-order chi connectivity index (χ0) is 31.0. The highest BCUT2D eigenvalue weighted by Crippen LogP contribution is 2.41. The third-order valence-electron chi connectivity index (χ3n) is 7.63. The average molecular weight is 662 g/mol. The van der Waals surface area contributed by atoms with Gasteiger partial charge in [0.1, 0.15) is 12.3 Å². The standard InChI is InChI=1S/C31H24Cl4N2O6/c1-16-2-9-21-24(12-16)30(41)37(29(21)40)36(28(39)22-10-5-18(32)13-25(22)34)15-27(38)17-3-7-20(8-4-17)43-31(42)23-11-6-19(33)14-26(23)35/h3-8,10-11,13-14,16,21,24H,2,9,12,15H2,1H3/t16-,21+,24+/m1/s1. The molecule has 3 aromatic carbocycles. The molecule has 0 N–H and O–H groups in total. The first kappa shape index (κ1) is 31.0. The van der Waals surface area contributed by atoms with E-state index < -0.39 is 47.9 Å². The van der Waals surface area contributed by atoms with Crippen LogP contribution in [0.2, 0.25) is 20.1 Å². The highest BCUT2D eigenvalue weighted by molar-refractivity contribution is 6.37. The first-order valence-corrected chi connectivity index (χ1v) is 14.9. The molecule has 1 aliphatic carbocycles. The summed E-state index contributed by atoms with van der Waals surface area (Å²) in [5, 5.41) is 2.45. The van der Waals surface area contributed by atoms with Crippen molar-refractivity contribution in [2.45, 2.75) is 26.2 Å². The minimum atomic E-state index is -0.797. The van der Waals surface area contributed by atoms with Crippen LogP contribution in [0.4, 0.5) is 0 Å². The van der Waals surface area contributed by atoms with Crippen LogP contribution >= 0.6 is 46.4 Å². The molecule has 222 valence electrons. The number of imide groups is 1. The van der Waals surface area contributed by atoms with E-state index in [2.05, 4.69) is 0 Å². The summed E-state index contributed by atoms with van der Waals surface area (Å²) in [5.74, 6) is -3.86. The number of benzene rings is 3. The highest BCUT2D eigenvalue weighted by atomic mass is 35.5. The number of amides is 3. The van der Waals surface area contributed by atoms with Gasteiger partial charge in [-0.15, -0.1) is 0 Å². The van der Waals surface area contributed by atoms with Gasteiger partial charge in [0, 0.05) is 15.6 Å². The second-order valence-electron chi connectivity index (χ2n) is 10.6. The SMILES string of the molecule is C[C@@H]1CC[C@@H]2C(=O)N(N(CC(=O)c3ccc(OC(=O)c4ccc(Cl)cc4Cl)cc3)C(=O)c3ccc(Cl)cc3Cl)C(=O)[C@H]2C1. The Balaban J connectivity index is 1.39. The van der Waals surface area contributed by atoms with Gasteiger partial charge in [0.2, 0.25) is 0 Å². The van der Waals surface area contributed by atoms with Gasteiger partial charge in [0.05, 0.1) is 33.0 Å². The number of esters is 1. The molecule has 43 heavy (non-hydrogen) atoms. The van der Waals surface area contributed by atoms with E-state index in [1.165, 1.54) is 60.7 Å². The number of ether oxygens (including phenoxy) is 1. The summed E-state index contributed by atoms with van der Waals surface area (Å²) >= 11 is 24.3. The number of halogens is 4. The summed E-state index contributed by atoms with van der Waals surface area (Å²) in [6.07, 6.45) is 1.82. The van der Waals surface area contributed by atoms with E-state index in [4.69, 9.17) is 51.1 Å². The lowest BCUT2D eigenvalue weighted by Crippen LogP contribution is -2.52. The molecular weight excluding hydrogens is 638 g/mol. The van der Waals surface area contributed by atoms with Crippen LogP contribution in [0.1, 0.15) is 57.3 Å². The van der Waals surface area contributed by atoms with E-state index in [1.54, 1.807) is 0 Å². The molecule has 0 unspecified atom stereocenters. The van der Waals surface area contributed by atoms with Gasteiger partial charge in [-0.05, 0) is 85.8 Å². The number of hydrogen-bond acceptors (Lipinski definition) is 6. The van der Waals surface area contributed by atoms with Crippen LogP contribution in [0.5, 0.6) is 5.75 Å². The molecule has 2 fully saturated rings. The number of rotatable bonds is 7. The predicted octanol–water partition coefficient (Wildman–Crippen LogP) is 7.18. The van der Waals surface area contributed by atoms with Gasteiger partial charge in [0.15, 0.2) is 5.78 Å². The molecule has 0 spiro atoms. The zero-order valence-electron chi connectivity index (χ0n) is 22.7. The molecule has 3 atom stereocenters. The maximum atomic E-state index is 13.8. The second kappa shape index (κ2) is 12.7. The van der Waals surface area contributed by atoms with Crippen molar-refractivity contribution in [1.82, 2.24) is 10.0 Å². The van der Waals surface area contributed by atoms with Gasteiger partial charge in [-0.2, -0.15) is 5.01 Å². The summed E-state index contributed by atoms with van der Waals surface area (Å²) in [4.78, 5) is 66.8. The maximum absolute atomic E-state index is 13.8. The van der Waals surface area contributed by atoms with E-state index in [0.29, 0.717) is 17.9 Å². The summed E-state index contributed by atoms with van der Waals surface area (Å²) in [5.41, 5.74) is 0.233. The zero-order valence-corrected chi connectivity index (χ0v) is 25.7. The van der Waals surface area contributed by atoms with Crippen LogP contribution < -0.4 is 4.74 Å². The van der Waals surface area contributed by atoms with Gasteiger partial charge in [0.25, 0.3) is 17.7 Å². The van der Waals surface area contributed by atoms with Crippen LogP contribution in [0, 0.1) is 17.8 Å². The quantitative estimate of drug-likeness (QED) is 0.115. The average Bonchev–Trinajstić information content (AvgIpc) is 3.20. The van der Waals surface area contributed by atoms with Crippen molar-refractivity contribution in [2.75, 3.05) is 6.54 Å². The predicted molar refractivity (Wildman–Crippen MR) is 162 cm³/mol. The monoisotopic (exact) mass is 660 g/mol. The van der Waals surface area contributed by atoms with Gasteiger partial charge in [-0.25, -0.2) is 9.80 Å². The topological polar surface area (TPSA) is 101 Å². The Morgan fingerprint density at radius 1 is 0.814 bits per heavy atom. The van der Waals surface area contributed by atoms with Crippen LogP contribution in [-0.2, 0) is 9.59 Å². The highest BCUT2D eigenvalue weighted by Gasteiger charge is 2.53. The molecule has 8 nitrogen and oxygen atoms in total. The molecule has 5 rings (SSSR count). The fourth-order valence-corrected chi connectivity index (χ4v) is 6.37. The lowest BCUT2D eigenvalue weighted by atomic mass is 9.76. The van der Waals surface area contributed by atoms with Gasteiger partial charge >= 0.3 is 5.97 Å². The first-order valence-electron chi connectivity index (χ1n) is 13.4. The molecule has 0 bridgehead atoms. The van der Waals surface area contributed by atoms with E-state index in [-0.39, 0.29) is 43.4 Å². The number of carbonyl (C=O) groups is 5. The number of nitrogens with zero attached hydrogens (tertiary/aromatic N) is 2. The molecule has 0 aromatic heterocycles. The molecule has 12 heteroatoms. The Morgan fingerprint density at radius 3 is 2.00 bits per heavy atom. The number of ketones is 1. The minimum absolute atomic E-state index is 0.00652. The summed E-state index contributed by atoms with van der Waals surface area (Å²) < 4.78 is 5.36. The number of Topliss-reactive ketones (excluding diaryl/α,β-unsaturated/α-hetero) is 1. The smallest absolute Gasteiger partial charge is 0.345 e. The van der Waals surface area contributed by atoms with Crippen molar-refractivity contribution >= 4 is 75.9 Å². The minimum Gasteiger partial charge on any atom is -0.423 e. The van der Waals surface area contributed by atoms with Crippen molar-refractivity contribution in [3.05, 3.63) is 97.4 Å². The van der Waals surface area contributed by atoms with Crippen LogP contribution in [-0.4, -0.2) is 46.0 Å². The summed E-state index contributed by atoms with van der Waals surface area (Å²) in [7, 11) is 0. The van der Waals surface area contributed by atoms with Crippen molar-refractivity contribution in [3.63, 3.8) is 0 Å². The van der Waals surface area contributed by atoms with Crippen molar-refractivity contribution in [3.8, 4) is 5.75 Å². The van der Waals surface area contributed by atoms with Crippen molar-refractivity contribution in [1.29, 1.82) is 0 Å². The Labute approximate surface area is 267 Å². The molecule has 3 amide bonds. The van der Waals surface area contributed by atoms with Gasteiger partial charge in [-0.3, -0.25) is 19.2 Å². The van der Waals surface area contributed by atoms with Gasteiger partial charge < -0.3 is 4.74 Å². The van der Waals surface area contributed by atoms with Crippen LogP contribution in [0.3, 0.4) is 0 Å². The van der Waals surface area contributed by atoms with Crippen LogP contribution in [0.25, 0.3) is 0 Å². The number of fused-ring (bicyclic) bond motifs is 1.